The molecule has 0 heterocycles. The molecule has 1 aromatic carbocycles. The molecule has 0 aliphatic carbocycles. The van der Waals surface area contributed by atoms with Crippen LogP contribution in [0.2, 0.25) is 0 Å². The molecular weight excluding hydrogens is 190 g/mol. The predicted molar refractivity (Wildman–Crippen MR) is 61.1 cm³/mol. The Kier molecular flexibility index (Phi) is 4.12. The van der Waals surface area contributed by atoms with E-state index in [0.29, 0.717) is 6.42 Å². The summed E-state index contributed by atoms with van der Waals surface area (Å²) < 4.78 is 5.18. The first-order valence-electron chi connectivity index (χ1n) is 5.10. The third-order valence-electron chi connectivity index (χ3n) is 2.87. The van der Waals surface area contributed by atoms with Crippen molar-refractivity contribution in [2.45, 2.75) is 18.9 Å². The van der Waals surface area contributed by atoms with E-state index in [2.05, 4.69) is 12.2 Å². The quantitative estimate of drug-likeness (QED) is 0.772. The van der Waals surface area contributed by atoms with Gasteiger partial charge in [0.05, 0.1) is 7.11 Å². The lowest BCUT2D eigenvalue weighted by atomic mass is 9.89. The minimum Gasteiger partial charge on any atom is -0.497 e. The van der Waals surface area contributed by atoms with Crippen LogP contribution in [0, 0.1) is 0 Å². The van der Waals surface area contributed by atoms with Crippen molar-refractivity contribution in [3.8, 4) is 5.75 Å². The van der Waals surface area contributed by atoms with E-state index >= 15 is 0 Å². The summed E-state index contributed by atoms with van der Waals surface area (Å²) in [5.74, 6) is 0.840. The molecule has 0 radical (unpaired) electrons. The van der Waals surface area contributed by atoms with Gasteiger partial charge in [0.25, 0.3) is 0 Å². The summed E-state index contributed by atoms with van der Waals surface area (Å²) in [6, 6.07) is 7.90. The Bertz CT molecular complexity index is 314. The largest absolute Gasteiger partial charge is 0.497 e. The van der Waals surface area contributed by atoms with Gasteiger partial charge in [-0.05, 0) is 38.1 Å². The summed E-state index contributed by atoms with van der Waals surface area (Å²) in [6.07, 6.45) is 0.677. The van der Waals surface area contributed by atoms with Gasteiger partial charge < -0.3 is 15.2 Å². The first kappa shape index (κ1) is 12.0. The second kappa shape index (κ2) is 5.14. The van der Waals surface area contributed by atoms with Crippen molar-refractivity contribution in [1.29, 1.82) is 0 Å². The van der Waals surface area contributed by atoms with E-state index in [1.807, 2.05) is 31.3 Å². The van der Waals surface area contributed by atoms with Gasteiger partial charge >= 0.3 is 0 Å². The molecule has 15 heavy (non-hydrogen) atoms. The Morgan fingerprint density at radius 2 is 2.20 bits per heavy atom. The second-order valence-electron chi connectivity index (χ2n) is 3.79. The van der Waals surface area contributed by atoms with Gasteiger partial charge in [-0.3, -0.25) is 0 Å². The highest BCUT2D eigenvalue weighted by Gasteiger charge is 2.23. The summed E-state index contributed by atoms with van der Waals surface area (Å²) in [4.78, 5) is 0. The fraction of sp³-hybridized carbons (Fsp3) is 0.500. The van der Waals surface area contributed by atoms with Gasteiger partial charge in [0.2, 0.25) is 0 Å². The molecule has 84 valence electrons. The number of aliphatic hydroxyl groups is 1. The van der Waals surface area contributed by atoms with Crippen LogP contribution in [-0.4, -0.2) is 25.9 Å². The van der Waals surface area contributed by atoms with E-state index in [1.54, 1.807) is 7.11 Å². The number of nitrogens with one attached hydrogen (secondary N) is 1. The molecule has 1 aromatic rings. The topological polar surface area (TPSA) is 41.5 Å². The Labute approximate surface area is 91.1 Å². The van der Waals surface area contributed by atoms with E-state index in [0.717, 1.165) is 11.3 Å². The molecule has 1 unspecified atom stereocenters. The van der Waals surface area contributed by atoms with Gasteiger partial charge in [-0.25, -0.2) is 0 Å². The minimum atomic E-state index is -0.205. The van der Waals surface area contributed by atoms with Crippen molar-refractivity contribution in [3.05, 3.63) is 29.8 Å². The van der Waals surface area contributed by atoms with E-state index in [9.17, 15) is 0 Å². The number of methoxy groups -OCH3 is 1. The highest BCUT2D eigenvalue weighted by Crippen LogP contribution is 2.26. The van der Waals surface area contributed by atoms with Crippen LogP contribution in [0.3, 0.4) is 0 Å². The molecule has 3 heteroatoms. The first-order valence-corrected chi connectivity index (χ1v) is 5.10. The Morgan fingerprint density at radius 3 is 2.73 bits per heavy atom. The normalized spacial score (nSPS) is 14.7. The Morgan fingerprint density at radius 1 is 1.47 bits per heavy atom. The van der Waals surface area contributed by atoms with Crippen LogP contribution in [0.5, 0.6) is 5.75 Å². The number of aliphatic hydroxyl groups excluding tert-OH is 1. The molecule has 0 aliphatic rings. The smallest absolute Gasteiger partial charge is 0.119 e. The molecule has 0 fully saturated rings. The van der Waals surface area contributed by atoms with Crippen LogP contribution in [0.1, 0.15) is 18.9 Å². The molecule has 2 N–H and O–H groups in total. The van der Waals surface area contributed by atoms with Crippen LogP contribution in [0.25, 0.3) is 0 Å². The van der Waals surface area contributed by atoms with Crippen molar-refractivity contribution < 1.29 is 9.84 Å². The number of rotatable bonds is 5. The summed E-state index contributed by atoms with van der Waals surface area (Å²) in [7, 11) is 3.55. The highest BCUT2D eigenvalue weighted by atomic mass is 16.5. The fourth-order valence-corrected chi connectivity index (χ4v) is 1.60. The molecule has 0 aromatic heterocycles. The monoisotopic (exact) mass is 209 g/mol. The molecular formula is C12H19NO2. The lowest BCUT2D eigenvalue weighted by Crippen LogP contribution is -2.37. The van der Waals surface area contributed by atoms with E-state index < -0.39 is 0 Å². The maximum absolute atomic E-state index is 9.05. The van der Waals surface area contributed by atoms with Gasteiger partial charge in [0.1, 0.15) is 5.75 Å². The molecule has 0 saturated carbocycles. The molecule has 0 bridgehead atoms. The van der Waals surface area contributed by atoms with Crippen LogP contribution in [-0.2, 0) is 5.54 Å². The summed E-state index contributed by atoms with van der Waals surface area (Å²) in [6.45, 7) is 2.23. The molecule has 0 amide bonds. The summed E-state index contributed by atoms with van der Waals surface area (Å²) >= 11 is 0. The zero-order valence-electron chi connectivity index (χ0n) is 9.58. The van der Waals surface area contributed by atoms with E-state index in [4.69, 9.17) is 9.84 Å². The fourth-order valence-electron chi connectivity index (χ4n) is 1.60. The van der Waals surface area contributed by atoms with Gasteiger partial charge in [0.15, 0.2) is 0 Å². The average molecular weight is 209 g/mol. The van der Waals surface area contributed by atoms with Crippen molar-refractivity contribution in [2.75, 3.05) is 20.8 Å². The van der Waals surface area contributed by atoms with Crippen molar-refractivity contribution in [3.63, 3.8) is 0 Å². The van der Waals surface area contributed by atoms with Gasteiger partial charge in [0, 0.05) is 12.1 Å². The van der Waals surface area contributed by atoms with E-state index in [1.165, 1.54) is 0 Å². The van der Waals surface area contributed by atoms with Crippen LogP contribution >= 0.6 is 0 Å². The summed E-state index contributed by atoms with van der Waals surface area (Å²) in [5.41, 5.74) is 0.918. The van der Waals surface area contributed by atoms with Crippen molar-refractivity contribution in [2.24, 2.45) is 0 Å². The summed E-state index contributed by atoms with van der Waals surface area (Å²) in [5, 5.41) is 12.3. The van der Waals surface area contributed by atoms with Gasteiger partial charge in [-0.1, -0.05) is 12.1 Å². The second-order valence-corrected chi connectivity index (χ2v) is 3.79. The molecule has 0 spiro atoms. The SMILES string of the molecule is CNC(C)(CCO)c1cccc(OC)c1. The maximum atomic E-state index is 9.05. The standard InChI is InChI=1S/C12H19NO2/c1-12(13-2,7-8-14)10-5-4-6-11(9-10)15-3/h4-6,9,13-14H,7-8H2,1-3H3. The number of benzene rings is 1. The van der Waals surface area contributed by atoms with Gasteiger partial charge in [-0.15, -0.1) is 0 Å². The maximum Gasteiger partial charge on any atom is 0.119 e. The number of hydrogen-bond donors (Lipinski definition) is 2. The zero-order chi connectivity index (χ0) is 11.3. The lowest BCUT2D eigenvalue weighted by Gasteiger charge is -2.29. The van der Waals surface area contributed by atoms with Gasteiger partial charge in [-0.2, -0.15) is 0 Å². The molecule has 0 saturated heterocycles. The van der Waals surface area contributed by atoms with Crippen LogP contribution < -0.4 is 10.1 Å². The van der Waals surface area contributed by atoms with Crippen LogP contribution in [0.15, 0.2) is 24.3 Å². The molecule has 1 atom stereocenters. The third-order valence-corrected chi connectivity index (χ3v) is 2.87. The van der Waals surface area contributed by atoms with Crippen molar-refractivity contribution in [1.82, 2.24) is 5.32 Å². The van der Waals surface area contributed by atoms with Crippen LogP contribution in [0.4, 0.5) is 0 Å². The molecule has 1 rings (SSSR count). The zero-order valence-corrected chi connectivity index (χ0v) is 9.58. The average Bonchev–Trinajstić information content (AvgIpc) is 2.29. The first-order chi connectivity index (χ1) is 7.16. The lowest BCUT2D eigenvalue weighted by molar-refractivity contribution is 0.228. The molecule has 3 nitrogen and oxygen atoms in total. The predicted octanol–water partition coefficient (Wildman–Crippen LogP) is 1.51. The number of ether oxygens (including phenoxy) is 1. The molecule has 0 aliphatic heterocycles. The Balaban J connectivity index is 3.00. The number of hydrogen-bond acceptors (Lipinski definition) is 3. The highest BCUT2D eigenvalue weighted by molar-refractivity contribution is 5.33. The third kappa shape index (κ3) is 2.70. The van der Waals surface area contributed by atoms with Crippen molar-refractivity contribution >= 4 is 0 Å². The minimum absolute atomic E-state index is 0.161. The van der Waals surface area contributed by atoms with E-state index in [-0.39, 0.29) is 12.1 Å². The Hall–Kier alpha value is -1.06.